The standard InChI is InChI=1S/C14H15N5O2/c1-9-17-18-13-14(16-5-6-19(9)13)21-11-4-3-10(8-15)7-12(11)20-2/h3-7H,8,15H2,1-2H3. The number of ether oxygens (including phenoxy) is 2. The molecule has 0 unspecified atom stereocenters. The Labute approximate surface area is 121 Å². The number of benzene rings is 1. The van der Waals surface area contributed by atoms with Gasteiger partial charge in [0.25, 0.3) is 5.88 Å². The predicted molar refractivity (Wildman–Crippen MR) is 76.5 cm³/mol. The van der Waals surface area contributed by atoms with Gasteiger partial charge in [-0.05, 0) is 24.6 Å². The maximum absolute atomic E-state index is 5.83. The molecule has 0 radical (unpaired) electrons. The van der Waals surface area contributed by atoms with Crippen LogP contribution in [0.15, 0.2) is 30.6 Å². The molecule has 2 heterocycles. The SMILES string of the molecule is COc1cc(CN)ccc1Oc1nccn2c(C)nnc12. The van der Waals surface area contributed by atoms with Crippen LogP contribution in [-0.4, -0.2) is 26.7 Å². The van der Waals surface area contributed by atoms with E-state index < -0.39 is 0 Å². The van der Waals surface area contributed by atoms with Gasteiger partial charge >= 0.3 is 0 Å². The predicted octanol–water partition coefficient (Wildman–Crippen LogP) is 1.69. The van der Waals surface area contributed by atoms with Crippen molar-refractivity contribution >= 4 is 5.65 Å². The average Bonchev–Trinajstić information content (AvgIpc) is 2.90. The van der Waals surface area contributed by atoms with Gasteiger partial charge in [-0.15, -0.1) is 10.2 Å². The van der Waals surface area contributed by atoms with E-state index in [0.29, 0.717) is 29.6 Å². The van der Waals surface area contributed by atoms with Gasteiger partial charge in [0.15, 0.2) is 11.5 Å². The fourth-order valence-corrected chi connectivity index (χ4v) is 2.02. The lowest BCUT2D eigenvalue weighted by Gasteiger charge is -2.11. The zero-order valence-electron chi connectivity index (χ0n) is 11.8. The highest BCUT2D eigenvalue weighted by molar-refractivity contribution is 5.52. The van der Waals surface area contributed by atoms with E-state index in [4.69, 9.17) is 15.2 Å². The van der Waals surface area contributed by atoms with Gasteiger partial charge in [0.05, 0.1) is 7.11 Å². The minimum atomic E-state index is 0.372. The Kier molecular flexibility index (Phi) is 3.41. The monoisotopic (exact) mass is 285 g/mol. The van der Waals surface area contributed by atoms with Crippen molar-refractivity contribution in [3.8, 4) is 17.4 Å². The molecule has 0 fully saturated rings. The molecule has 3 rings (SSSR count). The quantitative estimate of drug-likeness (QED) is 0.785. The molecule has 7 nitrogen and oxygen atoms in total. The molecule has 0 saturated carbocycles. The molecule has 0 amide bonds. The molecule has 0 spiro atoms. The zero-order chi connectivity index (χ0) is 14.8. The molecule has 0 bridgehead atoms. The average molecular weight is 285 g/mol. The van der Waals surface area contributed by atoms with Crippen LogP contribution in [0.2, 0.25) is 0 Å². The van der Waals surface area contributed by atoms with Crippen LogP contribution in [0.1, 0.15) is 11.4 Å². The van der Waals surface area contributed by atoms with E-state index in [0.717, 1.165) is 11.4 Å². The largest absolute Gasteiger partial charge is 0.493 e. The van der Waals surface area contributed by atoms with Crippen molar-refractivity contribution in [3.63, 3.8) is 0 Å². The number of nitrogens with zero attached hydrogens (tertiary/aromatic N) is 4. The summed E-state index contributed by atoms with van der Waals surface area (Å²) in [5.41, 5.74) is 7.14. The second-order valence-electron chi connectivity index (χ2n) is 4.46. The Hall–Kier alpha value is -2.67. The number of hydrogen-bond donors (Lipinski definition) is 1. The summed E-state index contributed by atoms with van der Waals surface area (Å²) in [7, 11) is 1.58. The number of aromatic nitrogens is 4. The van der Waals surface area contributed by atoms with Crippen LogP contribution in [0.5, 0.6) is 17.4 Å². The van der Waals surface area contributed by atoms with Crippen LogP contribution in [0, 0.1) is 6.92 Å². The lowest BCUT2D eigenvalue weighted by atomic mass is 10.2. The smallest absolute Gasteiger partial charge is 0.265 e. The zero-order valence-corrected chi connectivity index (χ0v) is 11.8. The van der Waals surface area contributed by atoms with E-state index in [-0.39, 0.29) is 0 Å². The van der Waals surface area contributed by atoms with Crippen LogP contribution in [0.4, 0.5) is 0 Å². The summed E-state index contributed by atoms with van der Waals surface area (Å²) in [5.74, 6) is 2.29. The van der Waals surface area contributed by atoms with Gasteiger partial charge in [0.2, 0.25) is 5.65 Å². The summed E-state index contributed by atoms with van der Waals surface area (Å²) in [6.07, 6.45) is 3.42. The second kappa shape index (κ2) is 5.37. The van der Waals surface area contributed by atoms with E-state index in [1.54, 1.807) is 25.6 Å². The number of hydrogen-bond acceptors (Lipinski definition) is 6. The third-order valence-corrected chi connectivity index (χ3v) is 3.14. The molecule has 1 aromatic carbocycles. The molecular formula is C14H15N5O2. The fourth-order valence-electron chi connectivity index (χ4n) is 2.02. The number of aryl methyl sites for hydroxylation is 1. The van der Waals surface area contributed by atoms with Crippen molar-refractivity contribution in [3.05, 3.63) is 42.0 Å². The molecule has 7 heteroatoms. The minimum absolute atomic E-state index is 0.372. The highest BCUT2D eigenvalue weighted by atomic mass is 16.5. The molecule has 0 saturated heterocycles. The normalized spacial score (nSPS) is 10.8. The molecule has 0 atom stereocenters. The number of methoxy groups -OCH3 is 1. The second-order valence-corrected chi connectivity index (χ2v) is 4.46. The third-order valence-electron chi connectivity index (χ3n) is 3.14. The van der Waals surface area contributed by atoms with E-state index in [1.165, 1.54) is 0 Å². The number of rotatable bonds is 4. The van der Waals surface area contributed by atoms with Crippen LogP contribution in [-0.2, 0) is 6.54 Å². The van der Waals surface area contributed by atoms with E-state index >= 15 is 0 Å². The van der Waals surface area contributed by atoms with Crippen molar-refractivity contribution in [1.29, 1.82) is 0 Å². The number of fused-ring (bicyclic) bond motifs is 1. The van der Waals surface area contributed by atoms with Gasteiger partial charge < -0.3 is 15.2 Å². The lowest BCUT2D eigenvalue weighted by molar-refractivity contribution is 0.374. The molecule has 2 N–H and O–H groups in total. The Bertz CT molecular complexity index is 784. The summed E-state index contributed by atoms with van der Waals surface area (Å²) in [6, 6.07) is 5.52. The topological polar surface area (TPSA) is 87.6 Å². The first-order chi connectivity index (χ1) is 10.2. The number of nitrogens with two attached hydrogens (primary N) is 1. The highest BCUT2D eigenvalue weighted by Crippen LogP contribution is 2.32. The summed E-state index contributed by atoms with van der Waals surface area (Å²) >= 11 is 0. The molecule has 0 aliphatic heterocycles. The molecule has 2 aromatic heterocycles. The maximum Gasteiger partial charge on any atom is 0.265 e. The first kappa shape index (κ1) is 13.3. The lowest BCUT2D eigenvalue weighted by Crippen LogP contribution is -1.99. The van der Waals surface area contributed by atoms with Crippen molar-refractivity contribution in [1.82, 2.24) is 19.6 Å². The Morgan fingerprint density at radius 1 is 1.24 bits per heavy atom. The Balaban J connectivity index is 2.02. The van der Waals surface area contributed by atoms with E-state index in [1.807, 2.05) is 23.5 Å². The van der Waals surface area contributed by atoms with Gasteiger partial charge in [-0.1, -0.05) is 6.07 Å². The molecule has 108 valence electrons. The van der Waals surface area contributed by atoms with E-state index in [9.17, 15) is 0 Å². The maximum atomic E-state index is 5.83. The highest BCUT2D eigenvalue weighted by Gasteiger charge is 2.13. The molecular weight excluding hydrogens is 270 g/mol. The third kappa shape index (κ3) is 2.38. The first-order valence-electron chi connectivity index (χ1n) is 6.44. The Morgan fingerprint density at radius 2 is 2.10 bits per heavy atom. The summed E-state index contributed by atoms with van der Waals surface area (Å²) in [6.45, 7) is 2.30. The van der Waals surface area contributed by atoms with Crippen molar-refractivity contribution < 1.29 is 9.47 Å². The van der Waals surface area contributed by atoms with Crippen molar-refractivity contribution in [2.75, 3.05) is 7.11 Å². The van der Waals surface area contributed by atoms with Crippen LogP contribution >= 0.6 is 0 Å². The van der Waals surface area contributed by atoms with Gasteiger partial charge in [-0.2, -0.15) is 0 Å². The van der Waals surface area contributed by atoms with Gasteiger partial charge in [-0.3, -0.25) is 4.40 Å². The van der Waals surface area contributed by atoms with E-state index in [2.05, 4.69) is 15.2 Å². The molecule has 0 aliphatic carbocycles. The first-order valence-corrected chi connectivity index (χ1v) is 6.44. The molecule has 0 aliphatic rings. The summed E-state index contributed by atoms with van der Waals surface area (Å²) in [4.78, 5) is 4.21. The molecule has 21 heavy (non-hydrogen) atoms. The van der Waals surface area contributed by atoms with Crippen LogP contribution in [0.25, 0.3) is 5.65 Å². The molecule has 3 aromatic rings. The van der Waals surface area contributed by atoms with Gasteiger partial charge in [0, 0.05) is 18.9 Å². The van der Waals surface area contributed by atoms with Crippen molar-refractivity contribution in [2.24, 2.45) is 5.73 Å². The summed E-state index contributed by atoms with van der Waals surface area (Å²) < 4.78 is 13.0. The van der Waals surface area contributed by atoms with Crippen LogP contribution < -0.4 is 15.2 Å². The summed E-state index contributed by atoms with van der Waals surface area (Å²) in [5, 5.41) is 8.08. The van der Waals surface area contributed by atoms with Gasteiger partial charge in [-0.25, -0.2) is 4.98 Å². The van der Waals surface area contributed by atoms with Crippen molar-refractivity contribution in [2.45, 2.75) is 13.5 Å². The van der Waals surface area contributed by atoms with Crippen LogP contribution in [0.3, 0.4) is 0 Å². The minimum Gasteiger partial charge on any atom is -0.493 e. The van der Waals surface area contributed by atoms with Gasteiger partial charge in [0.1, 0.15) is 5.82 Å². The fraction of sp³-hybridized carbons (Fsp3) is 0.214. The Morgan fingerprint density at radius 3 is 2.86 bits per heavy atom.